The molecule has 0 rings (SSSR count). The van der Waals surface area contributed by atoms with Crippen molar-refractivity contribution >= 4 is 5.97 Å². The predicted molar refractivity (Wildman–Crippen MR) is 46.0 cm³/mol. The smallest absolute Gasteiger partial charge is 0.320 e. The molecule has 4 nitrogen and oxygen atoms in total. The molecule has 0 saturated carbocycles. The fourth-order valence-electron chi connectivity index (χ4n) is 0.682. The monoisotopic (exact) mass is 175 g/mol. The zero-order valence-corrected chi connectivity index (χ0v) is 7.79. The molecule has 0 aliphatic heterocycles. The summed E-state index contributed by atoms with van der Waals surface area (Å²) < 4.78 is 0. The highest BCUT2D eigenvalue weighted by molar-refractivity contribution is 5.72. The summed E-state index contributed by atoms with van der Waals surface area (Å²) >= 11 is 0. The van der Waals surface area contributed by atoms with Crippen LogP contribution in [0.15, 0.2) is 0 Å². The quantitative estimate of drug-likeness (QED) is 0.558. The number of carboxylic acid groups (broad SMARTS) is 1. The minimum absolute atomic E-state index is 0.511. The second-order valence-corrected chi connectivity index (χ2v) is 3.58. The van der Waals surface area contributed by atoms with E-state index in [4.69, 9.17) is 5.11 Å². The van der Waals surface area contributed by atoms with E-state index in [2.05, 4.69) is 5.32 Å². The third kappa shape index (κ3) is 6.12. The third-order valence-corrected chi connectivity index (χ3v) is 1.56. The summed E-state index contributed by atoms with van der Waals surface area (Å²) in [6.45, 7) is 5.48. The van der Waals surface area contributed by atoms with E-state index in [1.165, 1.54) is 0 Å². The molecule has 0 amide bonds. The zero-order valence-electron chi connectivity index (χ0n) is 7.79. The second kappa shape index (κ2) is 4.42. The number of carbonyl (C=O) groups is 1. The SMILES string of the molecule is C[C@@H](NCCC(C)(C)O)C(=O)O. The Morgan fingerprint density at radius 1 is 1.58 bits per heavy atom. The number of aliphatic hydroxyl groups is 1. The Hall–Kier alpha value is -0.610. The van der Waals surface area contributed by atoms with Crippen LogP contribution in [0.1, 0.15) is 27.2 Å². The summed E-state index contributed by atoms with van der Waals surface area (Å²) in [6, 6.07) is -0.549. The van der Waals surface area contributed by atoms with E-state index in [-0.39, 0.29) is 0 Å². The molecule has 0 fully saturated rings. The van der Waals surface area contributed by atoms with Crippen LogP contribution in [0, 0.1) is 0 Å². The summed E-state index contributed by atoms with van der Waals surface area (Å²) in [4.78, 5) is 10.3. The van der Waals surface area contributed by atoms with Crippen molar-refractivity contribution in [1.82, 2.24) is 5.32 Å². The first-order chi connectivity index (χ1) is 5.33. The van der Waals surface area contributed by atoms with Gasteiger partial charge in [0.25, 0.3) is 0 Å². The molecule has 0 radical (unpaired) electrons. The van der Waals surface area contributed by atoms with Gasteiger partial charge in [-0.25, -0.2) is 0 Å². The lowest BCUT2D eigenvalue weighted by molar-refractivity contribution is -0.139. The van der Waals surface area contributed by atoms with Crippen molar-refractivity contribution in [3.8, 4) is 0 Å². The van der Waals surface area contributed by atoms with E-state index in [9.17, 15) is 9.90 Å². The van der Waals surface area contributed by atoms with Crippen LogP contribution in [-0.2, 0) is 4.79 Å². The van der Waals surface area contributed by atoms with Crippen molar-refractivity contribution in [2.75, 3.05) is 6.54 Å². The van der Waals surface area contributed by atoms with Crippen molar-refractivity contribution in [3.63, 3.8) is 0 Å². The summed E-state index contributed by atoms with van der Waals surface area (Å²) in [5.41, 5.74) is -0.731. The van der Waals surface area contributed by atoms with Crippen molar-refractivity contribution in [3.05, 3.63) is 0 Å². The Bertz CT molecular complexity index is 151. The number of hydrogen-bond acceptors (Lipinski definition) is 3. The maximum Gasteiger partial charge on any atom is 0.320 e. The zero-order chi connectivity index (χ0) is 9.78. The normalized spacial score (nSPS) is 14.3. The Morgan fingerprint density at radius 2 is 2.08 bits per heavy atom. The van der Waals surface area contributed by atoms with Crippen LogP contribution in [0.25, 0.3) is 0 Å². The minimum Gasteiger partial charge on any atom is -0.480 e. The Balaban J connectivity index is 3.51. The summed E-state index contributed by atoms with van der Waals surface area (Å²) in [6.07, 6.45) is 0.546. The van der Waals surface area contributed by atoms with Crippen molar-refractivity contribution in [1.29, 1.82) is 0 Å². The average Bonchev–Trinajstić information content (AvgIpc) is 1.84. The summed E-state index contributed by atoms with van der Waals surface area (Å²) in [7, 11) is 0. The van der Waals surface area contributed by atoms with Crippen molar-refractivity contribution < 1.29 is 15.0 Å². The highest BCUT2D eigenvalue weighted by Crippen LogP contribution is 2.05. The van der Waals surface area contributed by atoms with E-state index < -0.39 is 17.6 Å². The van der Waals surface area contributed by atoms with Gasteiger partial charge in [0, 0.05) is 0 Å². The Labute approximate surface area is 72.6 Å². The van der Waals surface area contributed by atoms with Gasteiger partial charge in [0.2, 0.25) is 0 Å². The van der Waals surface area contributed by atoms with Crippen LogP contribution in [0.4, 0.5) is 0 Å². The molecule has 0 aromatic carbocycles. The van der Waals surface area contributed by atoms with Gasteiger partial charge < -0.3 is 15.5 Å². The molecule has 0 aromatic rings. The maximum absolute atomic E-state index is 10.3. The standard InChI is InChI=1S/C8H17NO3/c1-6(7(10)11)9-5-4-8(2,3)12/h6,9,12H,4-5H2,1-3H3,(H,10,11)/t6-/m1/s1. The lowest BCUT2D eigenvalue weighted by Gasteiger charge is -2.18. The van der Waals surface area contributed by atoms with E-state index in [1.807, 2.05) is 0 Å². The summed E-state index contributed by atoms with van der Waals surface area (Å²) in [5, 5.41) is 20.5. The largest absolute Gasteiger partial charge is 0.480 e. The van der Waals surface area contributed by atoms with Crippen LogP contribution >= 0.6 is 0 Å². The average molecular weight is 175 g/mol. The number of nitrogens with one attached hydrogen (secondary N) is 1. The molecule has 72 valence electrons. The van der Waals surface area contributed by atoms with E-state index in [1.54, 1.807) is 20.8 Å². The third-order valence-electron chi connectivity index (χ3n) is 1.56. The van der Waals surface area contributed by atoms with Gasteiger partial charge in [-0.2, -0.15) is 0 Å². The molecular formula is C8H17NO3. The predicted octanol–water partition coefficient (Wildman–Crippen LogP) is 0.210. The first-order valence-electron chi connectivity index (χ1n) is 4.01. The van der Waals surface area contributed by atoms with E-state index in [0.29, 0.717) is 13.0 Å². The molecule has 0 spiro atoms. The number of rotatable bonds is 5. The van der Waals surface area contributed by atoms with Gasteiger partial charge in [0.05, 0.1) is 5.60 Å². The van der Waals surface area contributed by atoms with Crippen molar-refractivity contribution in [2.45, 2.75) is 38.8 Å². The summed E-state index contributed by atoms with van der Waals surface area (Å²) in [5.74, 6) is -0.870. The van der Waals surface area contributed by atoms with Crippen LogP contribution < -0.4 is 5.32 Å². The molecule has 0 bridgehead atoms. The molecule has 0 heterocycles. The fourth-order valence-corrected chi connectivity index (χ4v) is 0.682. The van der Waals surface area contributed by atoms with Gasteiger partial charge in [-0.3, -0.25) is 4.79 Å². The Morgan fingerprint density at radius 3 is 2.42 bits per heavy atom. The molecule has 12 heavy (non-hydrogen) atoms. The van der Waals surface area contributed by atoms with Gasteiger partial charge in [-0.05, 0) is 33.7 Å². The van der Waals surface area contributed by atoms with Gasteiger partial charge >= 0.3 is 5.97 Å². The van der Waals surface area contributed by atoms with Gasteiger partial charge in [-0.1, -0.05) is 0 Å². The van der Waals surface area contributed by atoms with Crippen LogP contribution in [0.3, 0.4) is 0 Å². The number of carboxylic acids is 1. The molecule has 0 unspecified atom stereocenters. The lowest BCUT2D eigenvalue weighted by Crippen LogP contribution is -2.37. The first-order valence-corrected chi connectivity index (χ1v) is 4.01. The molecule has 0 aliphatic carbocycles. The number of hydrogen-bond donors (Lipinski definition) is 3. The topological polar surface area (TPSA) is 69.6 Å². The highest BCUT2D eigenvalue weighted by atomic mass is 16.4. The van der Waals surface area contributed by atoms with Gasteiger partial charge in [0.15, 0.2) is 0 Å². The minimum atomic E-state index is -0.870. The molecule has 0 aromatic heterocycles. The van der Waals surface area contributed by atoms with Gasteiger partial charge in [-0.15, -0.1) is 0 Å². The van der Waals surface area contributed by atoms with Crippen LogP contribution in [0.2, 0.25) is 0 Å². The van der Waals surface area contributed by atoms with Crippen molar-refractivity contribution in [2.24, 2.45) is 0 Å². The van der Waals surface area contributed by atoms with Crippen LogP contribution in [0.5, 0.6) is 0 Å². The molecule has 1 atom stereocenters. The lowest BCUT2D eigenvalue weighted by atomic mass is 10.1. The first kappa shape index (κ1) is 11.4. The second-order valence-electron chi connectivity index (χ2n) is 3.58. The fraction of sp³-hybridized carbons (Fsp3) is 0.875. The van der Waals surface area contributed by atoms with Gasteiger partial charge in [0.1, 0.15) is 6.04 Å². The molecular weight excluding hydrogens is 158 g/mol. The van der Waals surface area contributed by atoms with Crippen LogP contribution in [-0.4, -0.2) is 34.4 Å². The molecule has 0 saturated heterocycles. The number of aliphatic carboxylic acids is 1. The van der Waals surface area contributed by atoms with E-state index in [0.717, 1.165) is 0 Å². The molecule has 4 heteroatoms. The molecule has 0 aliphatic rings. The Kier molecular flexibility index (Phi) is 4.20. The highest BCUT2D eigenvalue weighted by Gasteiger charge is 2.14. The molecule has 3 N–H and O–H groups in total. The van der Waals surface area contributed by atoms with E-state index >= 15 is 0 Å². The maximum atomic E-state index is 10.3.